The molecule has 0 spiro atoms. The van der Waals surface area contributed by atoms with Gasteiger partial charge in [-0.25, -0.2) is 9.48 Å². The molecule has 1 aliphatic rings. The van der Waals surface area contributed by atoms with Crippen molar-refractivity contribution in [3.63, 3.8) is 0 Å². The summed E-state index contributed by atoms with van der Waals surface area (Å²) < 4.78 is 5.41. The third-order valence-electron chi connectivity index (χ3n) is 5.29. The van der Waals surface area contributed by atoms with Crippen molar-refractivity contribution < 1.29 is 24.4 Å². The zero-order valence-electron chi connectivity index (χ0n) is 18.5. The van der Waals surface area contributed by atoms with Crippen LogP contribution in [0, 0.1) is 10.1 Å². The number of benzene rings is 1. The second-order valence-electron chi connectivity index (χ2n) is 8.03. The van der Waals surface area contributed by atoms with Crippen molar-refractivity contribution in [3.05, 3.63) is 45.8 Å². The van der Waals surface area contributed by atoms with Gasteiger partial charge < -0.3 is 14.7 Å². The van der Waals surface area contributed by atoms with Gasteiger partial charge in [0, 0.05) is 23.4 Å². The van der Waals surface area contributed by atoms with Gasteiger partial charge in [-0.2, -0.15) is 0 Å². The number of β-lactam (4-membered cyclic amide) rings is 1. The van der Waals surface area contributed by atoms with Crippen LogP contribution in [0.2, 0.25) is 0 Å². The van der Waals surface area contributed by atoms with Crippen molar-refractivity contribution >= 4 is 57.3 Å². The van der Waals surface area contributed by atoms with Gasteiger partial charge in [-0.3, -0.25) is 14.9 Å². The number of likely N-dealkylation sites (tertiary alicyclic amines) is 1. The molecule has 1 N–H and O–H groups in total. The molecule has 2 heterocycles. The number of alkyl halides is 1. The third-order valence-corrected chi connectivity index (χ3v) is 7.44. The molecular formula is C19H21ClN6O6S2. The summed E-state index contributed by atoms with van der Waals surface area (Å²) in [5.74, 6) is -1.37. The van der Waals surface area contributed by atoms with Crippen LogP contribution < -0.4 is 0 Å². The summed E-state index contributed by atoms with van der Waals surface area (Å²) in [4.78, 5) is 37.5. The van der Waals surface area contributed by atoms with Crippen LogP contribution in [0.1, 0.15) is 38.2 Å². The Labute approximate surface area is 208 Å². The topological polar surface area (TPSA) is 154 Å². The van der Waals surface area contributed by atoms with Gasteiger partial charge in [0.25, 0.3) is 5.69 Å². The molecule has 15 heteroatoms. The van der Waals surface area contributed by atoms with Crippen LogP contribution >= 0.6 is 35.6 Å². The van der Waals surface area contributed by atoms with E-state index in [0.29, 0.717) is 9.76 Å². The molecule has 1 fully saturated rings. The molecule has 1 aliphatic heterocycles. The number of carbonyl (C=O) groups is 2. The number of hydrogen-bond donors (Lipinski definition) is 1. The number of ether oxygens (including phenoxy) is 1. The Morgan fingerprint density at radius 3 is 2.53 bits per heavy atom. The lowest BCUT2D eigenvalue weighted by Gasteiger charge is -2.59. The Morgan fingerprint density at radius 1 is 1.44 bits per heavy atom. The average molecular weight is 529 g/mol. The number of rotatable bonds is 8. The minimum atomic E-state index is -1.60. The lowest BCUT2D eigenvalue weighted by molar-refractivity contribution is -0.384. The van der Waals surface area contributed by atoms with E-state index >= 15 is 0 Å². The van der Waals surface area contributed by atoms with E-state index < -0.39 is 38.7 Å². The number of amides is 1. The first-order valence-electron chi connectivity index (χ1n) is 9.82. The quantitative estimate of drug-likeness (QED) is 0.102. The smallest absolute Gasteiger partial charge is 0.344 e. The lowest BCUT2D eigenvalue weighted by atomic mass is 9.74. The first kappa shape index (κ1) is 25.9. The number of halogens is 1. The summed E-state index contributed by atoms with van der Waals surface area (Å²) in [6.45, 7) is 4.32. The summed E-state index contributed by atoms with van der Waals surface area (Å²) in [7, 11) is 1.55. The first-order chi connectivity index (χ1) is 15.8. The average Bonchev–Trinajstić information content (AvgIpc) is 3.17. The third kappa shape index (κ3) is 4.50. The number of aliphatic hydroxyl groups is 1. The molecule has 1 aromatic carbocycles. The van der Waals surface area contributed by atoms with E-state index in [1.807, 2.05) is 0 Å². The number of hydrogen-bond acceptors (Lipinski definition) is 11. The Bertz CT molecular complexity index is 1140. The molecule has 182 valence electrons. The van der Waals surface area contributed by atoms with Gasteiger partial charge >= 0.3 is 5.97 Å². The first-order valence-corrected chi connectivity index (χ1v) is 11.5. The highest BCUT2D eigenvalue weighted by Crippen LogP contribution is 2.58. The Hall–Kier alpha value is -2.68. The Morgan fingerprint density at radius 2 is 2.06 bits per heavy atom. The van der Waals surface area contributed by atoms with Gasteiger partial charge in [-0.15, -0.1) is 5.10 Å². The number of nitrogens with zero attached hydrogens (tertiary/aromatic N) is 6. The van der Waals surface area contributed by atoms with E-state index in [0.717, 1.165) is 16.7 Å². The van der Waals surface area contributed by atoms with Crippen LogP contribution in [0.15, 0.2) is 24.3 Å². The number of carbonyl (C=O) groups excluding carboxylic acids is 2. The molecule has 1 amide bonds. The van der Waals surface area contributed by atoms with E-state index in [9.17, 15) is 24.8 Å². The number of esters is 1. The van der Waals surface area contributed by atoms with Crippen molar-refractivity contribution in [2.75, 3.05) is 0 Å². The van der Waals surface area contributed by atoms with Gasteiger partial charge in [0.15, 0.2) is 10.6 Å². The van der Waals surface area contributed by atoms with Crippen LogP contribution in [0.5, 0.6) is 0 Å². The molecule has 0 radical (unpaired) electrons. The number of non-ortho nitro benzene ring substituents is 1. The molecule has 2 aromatic rings. The standard InChI is InChI=1S/C19H21ClN6O6S2/c1-10(33)34-19(18(2,3)29)13(15-21-22-23-24(15)4)25(17(19)28)14(20)16(27)32-9-11-5-7-12(8-6-11)26(30)31/h5-8,13-14,29H,9H2,1-4H3/t13-,14?,19+/m1/s1. The number of nitro benzene ring substituents is 1. The van der Waals surface area contributed by atoms with Crippen molar-refractivity contribution in [2.45, 2.75) is 49.3 Å². The van der Waals surface area contributed by atoms with E-state index in [2.05, 4.69) is 15.5 Å². The predicted molar refractivity (Wildman–Crippen MR) is 126 cm³/mol. The molecule has 3 atom stereocenters. The maximum Gasteiger partial charge on any atom is 0.344 e. The van der Waals surface area contributed by atoms with Crippen molar-refractivity contribution in [1.29, 1.82) is 0 Å². The molecule has 1 aromatic heterocycles. The van der Waals surface area contributed by atoms with Crippen LogP contribution in [0.3, 0.4) is 0 Å². The normalized spacial score (nSPS) is 21.1. The predicted octanol–water partition coefficient (Wildman–Crippen LogP) is 1.90. The summed E-state index contributed by atoms with van der Waals surface area (Å²) in [5.41, 5.74) is -2.77. The zero-order chi connectivity index (χ0) is 25.4. The zero-order valence-corrected chi connectivity index (χ0v) is 20.9. The van der Waals surface area contributed by atoms with E-state index in [1.165, 1.54) is 42.8 Å². The SMILES string of the molecule is CC(=S)S[C@]1(C(C)(C)O)C(=O)N(C(Cl)C(=O)OCc2ccc([N+](=O)[O-])cc2)[C@@H]1c1nnnn1C. The molecule has 0 bridgehead atoms. The summed E-state index contributed by atoms with van der Waals surface area (Å²) in [6.07, 6.45) is 0. The number of aryl methyl sites for hydroxylation is 1. The number of thioether (sulfide) groups is 1. The van der Waals surface area contributed by atoms with Crippen LogP contribution in [0.25, 0.3) is 0 Å². The second kappa shape index (κ2) is 9.52. The van der Waals surface area contributed by atoms with Crippen LogP contribution in [0.4, 0.5) is 5.69 Å². The maximum atomic E-state index is 13.5. The molecule has 1 unspecified atom stereocenters. The van der Waals surface area contributed by atoms with Crippen molar-refractivity contribution in [3.8, 4) is 0 Å². The molecule has 3 rings (SSSR count). The van der Waals surface area contributed by atoms with Crippen LogP contribution in [-0.2, 0) is 28.0 Å². The number of thiocarbonyl (C=S) groups is 1. The molecule has 0 aliphatic carbocycles. The van der Waals surface area contributed by atoms with Crippen LogP contribution in [-0.4, -0.2) is 67.1 Å². The van der Waals surface area contributed by atoms with Gasteiger partial charge in [0.2, 0.25) is 11.4 Å². The molecule has 12 nitrogen and oxygen atoms in total. The monoisotopic (exact) mass is 528 g/mol. The number of aromatic nitrogens is 4. The van der Waals surface area contributed by atoms with Crippen molar-refractivity contribution in [2.24, 2.45) is 7.05 Å². The minimum absolute atomic E-state index is 0.106. The highest BCUT2D eigenvalue weighted by Gasteiger charge is 2.72. The minimum Gasteiger partial charge on any atom is -0.458 e. The summed E-state index contributed by atoms with van der Waals surface area (Å²) in [5, 5.41) is 33.2. The summed E-state index contributed by atoms with van der Waals surface area (Å²) >= 11 is 12.6. The van der Waals surface area contributed by atoms with E-state index in [-0.39, 0.29) is 18.1 Å². The van der Waals surface area contributed by atoms with E-state index in [4.69, 9.17) is 28.6 Å². The molecule has 1 saturated heterocycles. The lowest BCUT2D eigenvalue weighted by Crippen LogP contribution is -2.77. The largest absolute Gasteiger partial charge is 0.458 e. The number of tetrazole rings is 1. The maximum absolute atomic E-state index is 13.5. The fourth-order valence-electron chi connectivity index (χ4n) is 3.66. The van der Waals surface area contributed by atoms with Gasteiger partial charge in [-0.05, 0) is 48.9 Å². The Balaban J connectivity index is 1.87. The molecular weight excluding hydrogens is 508 g/mol. The summed E-state index contributed by atoms with van der Waals surface area (Å²) in [6, 6.07) is 4.43. The van der Waals surface area contributed by atoms with Gasteiger partial charge in [-0.1, -0.05) is 35.6 Å². The molecule has 34 heavy (non-hydrogen) atoms. The number of nitro groups is 1. The Kier molecular flexibility index (Phi) is 7.26. The fraction of sp³-hybridized carbons (Fsp3) is 0.474. The van der Waals surface area contributed by atoms with Gasteiger partial charge in [0.05, 0.1) is 10.5 Å². The fourth-order valence-corrected chi connectivity index (χ4v) is 5.55. The highest BCUT2D eigenvalue weighted by atomic mass is 35.5. The molecule has 0 saturated carbocycles. The second-order valence-corrected chi connectivity index (χ2v) is 10.8. The highest BCUT2D eigenvalue weighted by molar-refractivity contribution is 8.24. The van der Waals surface area contributed by atoms with Crippen molar-refractivity contribution in [1.82, 2.24) is 25.1 Å². The van der Waals surface area contributed by atoms with Gasteiger partial charge in [0.1, 0.15) is 12.6 Å². The van der Waals surface area contributed by atoms with E-state index in [1.54, 1.807) is 14.0 Å².